The van der Waals surface area contributed by atoms with E-state index in [0.717, 1.165) is 16.7 Å². The van der Waals surface area contributed by atoms with Gasteiger partial charge < -0.3 is 4.90 Å². The molecule has 1 aliphatic heterocycles. The zero-order valence-electron chi connectivity index (χ0n) is 24.2. The summed E-state index contributed by atoms with van der Waals surface area (Å²) in [6.45, 7) is 5.31. The van der Waals surface area contributed by atoms with Crippen LogP contribution in [0.4, 0.5) is 0 Å². The lowest BCUT2D eigenvalue weighted by Gasteiger charge is -2.59. The van der Waals surface area contributed by atoms with Crippen molar-refractivity contribution in [3.05, 3.63) is 174 Å². The minimum atomic E-state index is -2.30. The van der Waals surface area contributed by atoms with E-state index in [-0.39, 0.29) is 17.4 Å². The van der Waals surface area contributed by atoms with Gasteiger partial charge in [-0.05, 0) is 22.2 Å². The average Bonchev–Trinajstić information content (AvgIpc) is 3.05. The second-order valence-corrected chi connectivity index (χ2v) is 16.3. The SMILES string of the molecule is C[Si](C)(c1ccccc1)[C@@H](c1ccccc1)[C@H]1C(=O)N(Cc2ccccc2)[C@@]1(/N=C/c1ccccc1)c1ccccc1. The van der Waals surface area contributed by atoms with Crippen molar-refractivity contribution in [1.29, 1.82) is 0 Å². The number of hydrogen-bond acceptors (Lipinski definition) is 2. The number of amides is 1. The van der Waals surface area contributed by atoms with Gasteiger partial charge in [-0.3, -0.25) is 9.79 Å². The Hall–Kier alpha value is -4.54. The number of hydrogen-bond donors (Lipinski definition) is 0. The highest BCUT2D eigenvalue weighted by Gasteiger charge is 2.66. The van der Waals surface area contributed by atoms with Crippen LogP contribution in [0.3, 0.4) is 0 Å². The summed E-state index contributed by atoms with van der Waals surface area (Å²) in [5.74, 6) is -0.217. The van der Waals surface area contributed by atoms with Gasteiger partial charge in [0.25, 0.3) is 0 Å². The maximum absolute atomic E-state index is 14.7. The van der Waals surface area contributed by atoms with Gasteiger partial charge >= 0.3 is 0 Å². The zero-order chi connectivity index (χ0) is 29.0. The molecule has 1 aliphatic rings. The predicted octanol–water partition coefficient (Wildman–Crippen LogP) is 7.56. The predicted molar refractivity (Wildman–Crippen MR) is 175 cm³/mol. The lowest BCUT2D eigenvalue weighted by molar-refractivity contribution is -0.175. The number of carbonyl (C=O) groups excluding carboxylic acids is 1. The average molecular weight is 565 g/mol. The molecule has 6 rings (SSSR count). The van der Waals surface area contributed by atoms with Gasteiger partial charge in [-0.1, -0.05) is 170 Å². The minimum absolute atomic E-state index is 0.00578. The van der Waals surface area contributed by atoms with Gasteiger partial charge in [-0.2, -0.15) is 0 Å². The van der Waals surface area contributed by atoms with Crippen LogP contribution in [0.2, 0.25) is 13.1 Å². The lowest BCUT2D eigenvalue weighted by atomic mass is 9.71. The van der Waals surface area contributed by atoms with Crippen LogP contribution in [0, 0.1) is 5.92 Å². The normalized spacial score (nSPS) is 19.4. The summed E-state index contributed by atoms with van der Waals surface area (Å²) in [6.07, 6.45) is 1.96. The Morgan fingerprint density at radius 3 is 1.81 bits per heavy atom. The summed E-state index contributed by atoms with van der Waals surface area (Å²) < 4.78 is 0. The highest BCUT2D eigenvalue weighted by Crippen LogP contribution is 2.56. The molecule has 1 amide bonds. The Morgan fingerprint density at radius 2 is 1.21 bits per heavy atom. The van der Waals surface area contributed by atoms with E-state index in [1.165, 1.54) is 10.8 Å². The molecular formula is C38H36N2OSi. The Labute approximate surface area is 250 Å². The van der Waals surface area contributed by atoms with E-state index in [1.54, 1.807) is 0 Å². The Morgan fingerprint density at radius 1 is 0.714 bits per heavy atom. The second-order valence-electron chi connectivity index (χ2n) is 11.6. The van der Waals surface area contributed by atoms with Crippen LogP contribution in [0.1, 0.15) is 27.8 Å². The molecule has 0 aromatic heterocycles. The Bertz CT molecular complexity index is 1640. The quantitative estimate of drug-likeness (QED) is 0.103. The van der Waals surface area contributed by atoms with Crippen LogP contribution < -0.4 is 5.19 Å². The van der Waals surface area contributed by atoms with Crippen molar-refractivity contribution < 1.29 is 4.79 Å². The third-order valence-corrected chi connectivity index (χ3v) is 12.8. The molecule has 0 saturated carbocycles. The molecule has 5 aromatic carbocycles. The molecule has 1 heterocycles. The first-order valence-electron chi connectivity index (χ1n) is 14.6. The molecule has 0 bridgehead atoms. The van der Waals surface area contributed by atoms with Crippen molar-refractivity contribution in [3.63, 3.8) is 0 Å². The number of likely N-dealkylation sites (tertiary alicyclic amines) is 1. The van der Waals surface area contributed by atoms with Gasteiger partial charge in [-0.15, -0.1) is 0 Å². The van der Waals surface area contributed by atoms with Crippen molar-refractivity contribution in [2.24, 2.45) is 10.9 Å². The second kappa shape index (κ2) is 11.7. The molecule has 5 aromatic rings. The minimum Gasteiger partial charge on any atom is -0.309 e. The molecule has 42 heavy (non-hydrogen) atoms. The third-order valence-electron chi connectivity index (χ3n) is 8.76. The molecule has 0 radical (unpaired) electrons. The Balaban J connectivity index is 1.59. The molecule has 1 saturated heterocycles. The fraction of sp³-hybridized carbons (Fsp3) is 0.158. The molecule has 4 heteroatoms. The van der Waals surface area contributed by atoms with Crippen LogP contribution in [0.15, 0.2) is 157 Å². The van der Waals surface area contributed by atoms with E-state index < -0.39 is 13.7 Å². The summed E-state index contributed by atoms with van der Waals surface area (Å²) in [6, 6.07) is 52.3. The first kappa shape index (κ1) is 27.6. The maximum atomic E-state index is 14.7. The van der Waals surface area contributed by atoms with E-state index in [0.29, 0.717) is 6.54 Å². The van der Waals surface area contributed by atoms with E-state index in [2.05, 4.69) is 122 Å². The molecule has 3 atom stereocenters. The highest BCUT2D eigenvalue weighted by molar-refractivity contribution is 6.91. The summed E-state index contributed by atoms with van der Waals surface area (Å²) in [7, 11) is -2.30. The first-order valence-corrected chi connectivity index (χ1v) is 17.7. The van der Waals surface area contributed by atoms with E-state index in [4.69, 9.17) is 4.99 Å². The Kier molecular flexibility index (Phi) is 7.73. The van der Waals surface area contributed by atoms with E-state index >= 15 is 0 Å². The highest BCUT2D eigenvalue weighted by atomic mass is 28.3. The molecular weight excluding hydrogens is 529 g/mol. The van der Waals surface area contributed by atoms with Crippen LogP contribution in [-0.2, 0) is 17.0 Å². The van der Waals surface area contributed by atoms with Gasteiger partial charge in [0.1, 0.15) is 0 Å². The summed E-state index contributed by atoms with van der Waals surface area (Å²) >= 11 is 0. The van der Waals surface area contributed by atoms with Crippen LogP contribution in [-0.4, -0.2) is 25.1 Å². The smallest absolute Gasteiger partial charge is 0.233 e. The van der Waals surface area contributed by atoms with Gasteiger partial charge in [0.2, 0.25) is 5.91 Å². The van der Waals surface area contributed by atoms with Gasteiger partial charge in [0, 0.05) is 18.3 Å². The number of aliphatic imine (C=N–C) groups is 1. The largest absolute Gasteiger partial charge is 0.309 e. The van der Waals surface area contributed by atoms with Crippen molar-refractivity contribution in [2.75, 3.05) is 0 Å². The summed E-state index contributed by atoms with van der Waals surface area (Å²) in [5.41, 5.74) is 3.47. The van der Waals surface area contributed by atoms with Crippen LogP contribution >= 0.6 is 0 Å². The number of carbonyl (C=O) groups is 1. The van der Waals surface area contributed by atoms with Gasteiger partial charge in [0.15, 0.2) is 5.66 Å². The topological polar surface area (TPSA) is 32.7 Å². The molecule has 0 aliphatic carbocycles. The molecule has 1 fully saturated rings. The van der Waals surface area contributed by atoms with Gasteiger partial charge in [0.05, 0.1) is 14.0 Å². The molecule has 0 spiro atoms. The standard InChI is InChI=1S/C38H36N2OSi/c1-42(2,34-26-16-7-17-27-34)36(32-22-12-5-13-23-32)35-37(41)40(29-31-20-10-4-11-21-31)38(35,33-24-14-6-15-25-33)39-28-30-18-8-3-9-19-30/h3-28,35-36H,29H2,1-2H3/b39-28+/t35-,36-,38-/m0/s1. The number of β-lactam (4-membered cyclic amide) rings is 1. The molecule has 0 N–H and O–H groups in total. The lowest BCUT2D eigenvalue weighted by Crippen LogP contribution is -2.72. The van der Waals surface area contributed by atoms with Crippen LogP contribution in [0.5, 0.6) is 0 Å². The maximum Gasteiger partial charge on any atom is 0.233 e. The molecule has 0 unspecified atom stereocenters. The van der Waals surface area contributed by atoms with Crippen molar-refractivity contribution in [2.45, 2.75) is 30.8 Å². The molecule has 3 nitrogen and oxygen atoms in total. The van der Waals surface area contributed by atoms with Crippen molar-refractivity contribution in [1.82, 2.24) is 4.90 Å². The van der Waals surface area contributed by atoms with Crippen LogP contribution in [0.25, 0.3) is 0 Å². The van der Waals surface area contributed by atoms with Gasteiger partial charge in [-0.25, -0.2) is 0 Å². The van der Waals surface area contributed by atoms with E-state index in [1.807, 2.05) is 53.6 Å². The number of nitrogens with zero attached hydrogens (tertiary/aromatic N) is 2. The van der Waals surface area contributed by atoms with Crippen molar-refractivity contribution >= 4 is 25.4 Å². The number of rotatable bonds is 9. The summed E-state index contributed by atoms with van der Waals surface area (Å²) in [5, 5.41) is 1.34. The van der Waals surface area contributed by atoms with Crippen molar-refractivity contribution in [3.8, 4) is 0 Å². The number of benzene rings is 5. The van der Waals surface area contributed by atoms with E-state index in [9.17, 15) is 4.79 Å². The fourth-order valence-corrected chi connectivity index (χ4v) is 10.3. The first-order chi connectivity index (χ1) is 20.5. The monoisotopic (exact) mass is 564 g/mol. The zero-order valence-corrected chi connectivity index (χ0v) is 25.2. The molecule has 208 valence electrons. The fourth-order valence-electron chi connectivity index (χ4n) is 6.64. The third kappa shape index (κ3) is 5.03. The summed E-state index contributed by atoms with van der Waals surface area (Å²) in [4.78, 5) is 22.2.